The molecule has 1 aromatic heterocycles. The van der Waals surface area contributed by atoms with Crippen LogP contribution in [0, 0.1) is 0 Å². The number of nitrogens with two attached hydrogens (primary N) is 1. The summed E-state index contributed by atoms with van der Waals surface area (Å²) in [4.78, 5) is 28.1. The molecule has 1 aromatic rings. The minimum absolute atomic E-state index is 0.0270. The van der Waals surface area contributed by atoms with Crippen LogP contribution in [0.4, 0.5) is 17.3 Å². The maximum absolute atomic E-state index is 10.8. The first kappa shape index (κ1) is 15.9. The SMILES string of the molecule is CC(=O)NCCNc1nc(N2CCCC2NC=O)ccc1N. The van der Waals surface area contributed by atoms with Gasteiger partial charge in [0, 0.05) is 26.6 Å². The van der Waals surface area contributed by atoms with Gasteiger partial charge < -0.3 is 26.6 Å². The average Bonchev–Trinajstić information content (AvgIpc) is 2.94. The van der Waals surface area contributed by atoms with Crippen molar-refractivity contribution in [2.45, 2.75) is 25.9 Å². The molecule has 120 valence electrons. The summed E-state index contributed by atoms with van der Waals surface area (Å²) in [6.45, 7) is 3.35. The molecule has 2 heterocycles. The fraction of sp³-hybridized carbons (Fsp3) is 0.500. The van der Waals surface area contributed by atoms with Crippen LogP contribution < -0.4 is 26.6 Å². The lowest BCUT2D eigenvalue weighted by Gasteiger charge is -2.25. The molecule has 2 rings (SSSR count). The number of pyridine rings is 1. The van der Waals surface area contributed by atoms with Crippen molar-refractivity contribution in [2.24, 2.45) is 0 Å². The molecule has 22 heavy (non-hydrogen) atoms. The predicted molar refractivity (Wildman–Crippen MR) is 85.4 cm³/mol. The van der Waals surface area contributed by atoms with Crippen LogP contribution in [0.2, 0.25) is 0 Å². The van der Waals surface area contributed by atoms with Gasteiger partial charge in [-0.25, -0.2) is 4.98 Å². The first-order chi connectivity index (χ1) is 10.6. The van der Waals surface area contributed by atoms with E-state index in [-0.39, 0.29) is 12.1 Å². The van der Waals surface area contributed by atoms with Crippen molar-refractivity contribution in [1.82, 2.24) is 15.6 Å². The predicted octanol–water partition coefficient (Wildman–Crippen LogP) is -0.116. The van der Waals surface area contributed by atoms with E-state index in [2.05, 4.69) is 20.9 Å². The van der Waals surface area contributed by atoms with E-state index in [0.717, 1.165) is 25.2 Å². The number of carbonyl (C=O) groups excluding carboxylic acids is 2. The van der Waals surface area contributed by atoms with E-state index in [1.54, 1.807) is 6.07 Å². The highest BCUT2D eigenvalue weighted by atomic mass is 16.1. The van der Waals surface area contributed by atoms with Gasteiger partial charge in [0.05, 0.1) is 5.69 Å². The molecule has 0 aliphatic carbocycles. The zero-order valence-electron chi connectivity index (χ0n) is 12.6. The largest absolute Gasteiger partial charge is 0.396 e. The Morgan fingerprint density at radius 2 is 2.32 bits per heavy atom. The Hall–Kier alpha value is -2.51. The third kappa shape index (κ3) is 4.00. The first-order valence-electron chi connectivity index (χ1n) is 7.33. The van der Waals surface area contributed by atoms with Crippen LogP contribution in [0.3, 0.4) is 0 Å². The topological polar surface area (TPSA) is 112 Å². The molecule has 8 nitrogen and oxygen atoms in total. The number of nitrogens with one attached hydrogen (secondary N) is 3. The lowest BCUT2D eigenvalue weighted by Crippen LogP contribution is -2.41. The minimum Gasteiger partial charge on any atom is -0.396 e. The Balaban J connectivity index is 2.02. The summed E-state index contributed by atoms with van der Waals surface area (Å²) in [5.74, 6) is 1.28. The maximum atomic E-state index is 10.8. The van der Waals surface area contributed by atoms with Crippen LogP contribution in [0.5, 0.6) is 0 Å². The highest BCUT2D eigenvalue weighted by Crippen LogP contribution is 2.26. The summed E-state index contributed by atoms with van der Waals surface area (Å²) in [5, 5.41) is 8.61. The number of nitrogens with zero attached hydrogens (tertiary/aromatic N) is 2. The second kappa shape index (κ2) is 7.48. The zero-order valence-corrected chi connectivity index (χ0v) is 12.6. The van der Waals surface area contributed by atoms with Crippen molar-refractivity contribution in [2.75, 3.05) is 35.6 Å². The standard InChI is InChI=1S/C14H22N6O2/c1-10(22)16-6-7-17-14-11(15)4-5-13(19-14)20-8-2-3-12(20)18-9-21/h4-5,9,12H,2-3,6-8,15H2,1H3,(H,16,22)(H,17,19)(H,18,21). The summed E-state index contributed by atoms with van der Waals surface area (Å²) >= 11 is 0. The van der Waals surface area contributed by atoms with Crippen LogP contribution >= 0.6 is 0 Å². The molecule has 1 aliphatic rings. The summed E-state index contributed by atoms with van der Waals surface area (Å²) in [7, 11) is 0. The second-order valence-electron chi connectivity index (χ2n) is 5.15. The van der Waals surface area contributed by atoms with Crippen molar-refractivity contribution >= 4 is 29.6 Å². The lowest BCUT2D eigenvalue weighted by molar-refractivity contribution is -0.118. The van der Waals surface area contributed by atoms with Gasteiger partial charge in [-0.15, -0.1) is 0 Å². The Morgan fingerprint density at radius 3 is 3.05 bits per heavy atom. The average molecular weight is 306 g/mol. The van der Waals surface area contributed by atoms with Crippen LogP contribution in [-0.2, 0) is 9.59 Å². The van der Waals surface area contributed by atoms with Gasteiger partial charge in [0.1, 0.15) is 12.0 Å². The van der Waals surface area contributed by atoms with E-state index >= 15 is 0 Å². The van der Waals surface area contributed by atoms with E-state index in [9.17, 15) is 9.59 Å². The van der Waals surface area contributed by atoms with E-state index < -0.39 is 0 Å². The van der Waals surface area contributed by atoms with Gasteiger partial charge in [-0.2, -0.15) is 0 Å². The van der Waals surface area contributed by atoms with Crippen molar-refractivity contribution in [3.8, 4) is 0 Å². The molecule has 5 N–H and O–H groups in total. The summed E-state index contributed by atoms with van der Waals surface area (Å²) in [5.41, 5.74) is 6.47. The van der Waals surface area contributed by atoms with E-state index in [4.69, 9.17) is 5.73 Å². The third-order valence-corrected chi connectivity index (χ3v) is 3.51. The Kier molecular flexibility index (Phi) is 5.40. The number of anilines is 3. The van der Waals surface area contributed by atoms with Crippen LogP contribution in [0.15, 0.2) is 12.1 Å². The highest BCUT2D eigenvalue weighted by molar-refractivity contribution is 5.72. The number of rotatable bonds is 7. The molecule has 1 atom stereocenters. The second-order valence-corrected chi connectivity index (χ2v) is 5.15. The van der Waals surface area contributed by atoms with E-state index in [0.29, 0.717) is 31.0 Å². The van der Waals surface area contributed by atoms with Crippen LogP contribution in [-0.4, -0.2) is 43.1 Å². The number of hydrogen-bond acceptors (Lipinski definition) is 6. The molecule has 0 radical (unpaired) electrons. The Morgan fingerprint density at radius 1 is 1.50 bits per heavy atom. The molecule has 8 heteroatoms. The quantitative estimate of drug-likeness (QED) is 0.413. The van der Waals surface area contributed by atoms with Gasteiger partial charge in [-0.1, -0.05) is 0 Å². The maximum Gasteiger partial charge on any atom is 0.216 e. The van der Waals surface area contributed by atoms with Crippen molar-refractivity contribution in [1.29, 1.82) is 0 Å². The molecule has 0 spiro atoms. The van der Waals surface area contributed by atoms with Gasteiger partial charge in [0.25, 0.3) is 0 Å². The molecule has 0 aromatic carbocycles. The third-order valence-electron chi connectivity index (χ3n) is 3.51. The number of hydrogen-bond donors (Lipinski definition) is 4. The van der Waals surface area contributed by atoms with Crippen molar-refractivity contribution in [3.05, 3.63) is 12.1 Å². The Labute approximate surface area is 129 Å². The monoisotopic (exact) mass is 306 g/mol. The zero-order chi connectivity index (χ0) is 15.9. The van der Waals surface area contributed by atoms with Gasteiger partial charge >= 0.3 is 0 Å². The first-order valence-corrected chi connectivity index (χ1v) is 7.33. The van der Waals surface area contributed by atoms with E-state index in [1.165, 1.54) is 6.92 Å². The normalized spacial score (nSPS) is 17.1. The molecule has 0 bridgehead atoms. The number of nitrogen functional groups attached to an aromatic ring is 1. The Bertz CT molecular complexity index is 536. The molecule has 2 amide bonds. The molecular formula is C14H22N6O2. The van der Waals surface area contributed by atoms with Crippen LogP contribution in [0.25, 0.3) is 0 Å². The summed E-state index contributed by atoms with van der Waals surface area (Å²) in [6.07, 6.45) is 2.59. The van der Waals surface area contributed by atoms with Gasteiger partial charge in [-0.05, 0) is 25.0 Å². The fourth-order valence-corrected chi connectivity index (χ4v) is 2.47. The fourth-order valence-electron chi connectivity index (χ4n) is 2.47. The summed E-state index contributed by atoms with van der Waals surface area (Å²) in [6, 6.07) is 3.64. The van der Waals surface area contributed by atoms with E-state index in [1.807, 2.05) is 11.0 Å². The molecule has 0 saturated carbocycles. The molecule has 1 aliphatic heterocycles. The molecule has 1 saturated heterocycles. The minimum atomic E-state index is -0.0728. The number of aromatic nitrogens is 1. The lowest BCUT2D eigenvalue weighted by atomic mass is 10.3. The molecular weight excluding hydrogens is 284 g/mol. The molecule has 1 unspecified atom stereocenters. The highest BCUT2D eigenvalue weighted by Gasteiger charge is 2.25. The van der Waals surface area contributed by atoms with Gasteiger partial charge in [0.15, 0.2) is 5.82 Å². The smallest absolute Gasteiger partial charge is 0.216 e. The van der Waals surface area contributed by atoms with Gasteiger partial charge in [-0.3, -0.25) is 9.59 Å². The summed E-state index contributed by atoms with van der Waals surface area (Å²) < 4.78 is 0. The van der Waals surface area contributed by atoms with Crippen molar-refractivity contribution in [3.63, 3.8) is 0 Å². The molecule has 1 fully saturated rings. The van der Waals surface area contributed by atoms with Crippen molar-refractivity contribution < 1.29 is 9.59 Å². The number of carbonyl (C=O) groups is 2. The van der Waals surface area contributed by atoms with Crippen LogP contribution in [0.1, 0.15) is 19.8 Å². The van der Waals surface area contributed by atoms with Gasteiger partial charge in [0.2, 0.25) is 12.3 Å². The number of amides is 2.